The Hall–Kier alpha value is -3.42. The molecule has 0 heterocycles. The van der Waals surface area contributed by atoms with Crippen molar-refractivity contribution in [2.24, 2.45) is 23.2 Å². The van der Waals surface area contributed by atoms with E-state index in [0.717, 1.165) is 46.6 Å². The maximum absolute atomic E-state index is 12.2. The summed E-state index contributed by atoms with van der Waals surface area (Å²) in [4.78, 5) is 24.3. The monoisotopic (exact) mass is 759 g/mol. The average Bonchev–Trinajstić information content (AvgIpc) is 3.20. The zero-order valence-corrected chi connectivity index (χ0v) is 34.7. The molecule has 0 bridgehead atoms. The second-order valence-corrected chi connectivity index (χ2v) is 16.8. The van der Waals surface area contributed by atoms with Gasteiger partial charge >= 0.3 is 11.9 Å². The van der Waals surface area contributed by atoms with Crippen molar-refractivity contribution in [3.05, 3.63) is 76.9 Å². The third-order valence-corrected chi connectivity index (χ3v) is 12.7. The molecule has 55 heavy (non-hydrogen) atoms. The lowest BCUT2D eigenvalue weighted by Gasteiger charge is -2.37. The number of hydrogen-bond acceptors (Lipinski definition) is 7. The van der Waals surface area contributed by atoms with Gasteiger partial charge in [0.25, 0.3) is 0 Å². The number of carbonyl (C=O) groups excluding carboxylic acids is 2. The highest BCUT2D eigenvalue weighted by atomic mass is 16.5. The topological polar surface area (TPSA) is 102 Å². The van der Waals surface area contributed by atoms with Crippen molar-refractivity contribution < 1.29 is 34.0 Å². The minimum atomic E-state index is -0.626. The van der Waals surface area contributed by atoms with Gasteiger partial charge in [0.1, 0.15) is 5.75 Å². The molecule has 4 rings (SSSR count). The van der Waals surface area contributed by atoms with E-state index in [2.05, 4.69) is 57.3 Å². The molecule has 7 nitrogen and oxygen atoms in total. The molecule has 7 heteroatoms. The van der Waals surface area contributed by atoms with Gasteiger partial charge < -0.3 is 24.4 Å². The Labute approximate surface area is 331 Å². The number of aryl methyl sites for hydroxylation is 3. The summed E-state index contributed by atoms with van der Waals surface area (Å²) in [6.07, 6.45) is 15.4. The Bertz CT molecular complexity index is 1510. The van der Waals surface area contributed by atoms with Gasteiger partial charge in [0.05, 0.1) is 33.0 Å². The zero-order chi connectivity index (χ0) is 40.0. The number of benzene rings is 2. The number of rotatable bonds is 21. The Balaban J connectivity index is 1.63. The Morgan fingerprint density at radius 1 is 0.745 bits per heavy atom. The van der Waals surface area contributed by atoms with Crippen LogP contribution >= 0.6 is 0 Å². The minimum Gasteiger partial charge on any atom is -0.493 e. The molecular formula is C48H70O7. The number of hydrogen-bond donors (Lipinski definition) is 2. The van der Waals surface area contributed by atoms with E-state index in [-0.39, 0.29) is 26.4 Å². The largest absolute Gasteiger partial charge is 0.493 e. The van der Waals surface area contributed by atoms with Crippen molar-refractivity contribution in [3.63, 3.8) is 0 Å². The molecule has 304 valence electrons. The third-order valence-electron chi connectivity index (χ3n) is 12.7. The van der Waals surface area contributed by atoms with E-state index in [9.17, 15) is 19.8 Å². The fraction of sp³-hybridized carbons (Fsp3) is 0.625. The highest BCUT2D eigenvalue weighted by Crippen LogP contribution is 2.45. The van der Waals surface area contributed by atoms with Crippen molar-refractivity contribution in [3.8, 4) is 16.9 Å². The predicted octanol–water partition coefficient (Wildman–Crippen LogP) is 10.3. The van der Waals surface area contributed by atoms with E-state index >= 15 is 0 Å². The summed E-state index contributed by atoms with van der Waals surface area (Å²) in [7, 11) is 0. The lowest BCUT2D eigenvalue weighted by molar-refractivity contribution is -0.139. The van der Waals surface area contributed by atoms with Crippen LogP contribution in [0.2, 0.25) is 0 Å². The quantitative estimate of drug-likeness (QED) is 0.0742. The fourth-order valence-electron chi connectivity index (χ4n) is 8.67. The van der Waals surface area contributed by atoms with Crippen LogP contribution in [-0.2, 0) is 38.3 Å². The molecule has 2 saturated carbocycles. The second-order valence-electron chi connectivity index (χ2n) is 16.8. The standard InChI is InChI=1S/C48H70O7/c1-8-36-28-40(39-20-18-38(19-21-39)37-16-14-35(7)15-17-37)22-23-44(36)43-29-41(12-10-25-54-46(51)33(3)4)45(53-27-24-48(9-2,31-49)32-50)42(30-43)13-11-26-55-47(52)34(5)6/h22-23,28-30,35,37-39,49-50H,3,5,8-21,24-27,31-32H2,1-2,4,6-7H3. The molecule has 2 aliphatic rings. The normalized spacial score (nSPS) is 20.1. The van der Waals surface area contributed by atoms with Crippen LogP contribution in [0.3, 0.4) is 0 Å². The minimum absolute atomic E-state index is 0.124. The van der Waals surface area contributed by atoms with Gasteiger partial charge in [0, 0.05) is 16.6 Å². The number of carbonyl (C=O) groups is 2. The van der Waals surface area contributed by atoms with E-state index in [1.54, 1.807) is 13.8 Å². The molecule has 0 aromatic heterocycles. The van der Waals surface area contributed by atoms with Crippen LogP contribution in [-0.4, -0.2) is 55.2 Å². The molecule has 2 aliphatic carbocycles. The Morgan fingerprint density at radius 3 is 1.75 bits per heavy atom. The first-order chi connectivity index (χ1) is 26.4. The van der Waals surface area contributed by atoms with Crippen LogP contribution in [0, 0.1) is 23.2 Å². The molecule has 0 radical (unpaired) electrons. The highest BCUT2D eigenvalue weighted by Gasteiger charge is 2.31. The van der Waals surface area contributed by atoms with Crippen molar-refractivity contribution in [1.29, 1.82) is 0 Å². The summed E-state index contributed by atoms with van der Waals surface area (Å²) in [5, 5.41) is 20.2. The molecule has 0 amide bonds. The average molecular weight is 759 g/mol. The summed E-state index contributed by atoms with van der Waals surface area (Å²) in [5.41, 5.74) is 7.24. The van der Waals surface area contributed by atoms with Gasteiger partial charge in [-0.1, -0.05) is 65.0 Å². The van der Waals surface area contributed by atoms with Gasteiger partial charge in [0.2, 0.25) is 0 Å². The molecule has 0 spiro atoms. The smallest absolute Gasteiger partial charge is 0.333 e. The molecular weight excluding hydrogens is 689 g/mol. The highest BCUT2D eigenvalue weighted by molar-refractivity contribution is 5.87. The third kappa shape index (κ3) is 12.5. The number of esters is 2. The second kappa shape index (κ2) is 21.8. The number of aliphatic hydroxyl groups excluding tert-OH is 2. The van der Waals surface area contributed by atoms with E-state index < -0.39 is 17.4 Å². The molecule has 0 aliphatic heterocycles. The summed E-state index contributed by atoms with van der Waals surface area (Å²) < 4.78 is 17.5. The number of ether oxygens (including phenoxy) is 3. The molecule has 2 fully saturated rings. The van der Waals surface area contributed by atoms with Crippen molar-refractivity contribution >= 4 is 11.9 Å². The first kappa shape index (κ1) is 44.3. The van der Waals surface area contributed by atoms with Gasteiger partial charge in [-0.2, -0.15) is 0 Å². The first-order valence-corrected chi connectivity index (χ1v) is 21.2. The molecule has 0 saturated heterocycles. The van der Waals surface area contributed by atoms with Gasteiger partial charge in [0.15, 0.2) is 0 Å². The van der Waals surface area contributed by atoms with Crippen LogP contribution in [0.4, 0.5) is 0 Å². The van der Waals surface area contributed by atoms with Gasteiger partial charge in [-0.3, -0.25) is 0 Å². The van der Waals surface area contributed by atoms with E-state index in [0.29, 0.717) is 62.2 Å². The maximum Gasteiger partial charge on any atom is 0.333 e. The molecule has 2 aromatic rings. The van der Waals surface area contributed by atoms with Crippen LogP contribution < -0.4 is 4.74 Å². The van der Waals surface area contributed by atoms with Gasteiger partial charge in [-0.05, 0) is 167 Å². The van der Waals surface area contributed by atoms with E-state index in [1.807, 2.05) is 6.92 Å². The summed E-state index contributed by atoms with van der Waals surface area (Å²) in [6.45, 7) is 17.9. The fourth-order valence-corrected chi connectivity index (χ4v) is 8.67. The van der Waals surface area contributed by atoms with Gasteiger partial charge in [-0.15, -0.1) is 0 Å². The number of aliphatic hydroxyl groups is 2. The first-order valence-electron chi connectivity index (χ1n) is 21.2. The van der Waals surface area contributed by atoms with Crippen LogP contribution in [0.25, 0.3) is 11.1 Å². The Kier molecular flexibility index (Phi) is 17.5. The maximum atomic E-state index is 12.2. The lowest BCUT2D eigenvalue weighted by atomic mass is 9.68. The molecule has 0 atom stereocenters. The molecule has 2 N–H and O–H groups in total. The van der Waals surface area contributed by atoms with Crippen molar-refractivity contribution in [2.75, 3.05) is 33.0 Å². The zero-order valence-electron chi connectivity index (χ0n) is 34.7. The van der Waals surface area contributed by atoms with Crippen molar-refractivity contribution in [2.45, 2.75) is 137 Å². The van der Waals surface area contributed by atoms with Crippen LogP contribution in [0.1, 0.15) is 140 Å². The molecule has 0 unspecified atom stereocenters. The van der Waals surface area contributed by atoms with E-state index in [4.69, 9.17) is 14.2 Å². The lowest BCUT2D eigenvalue weighted by Crippen LogP contribution is -2.31. The van der Waals surface area contributed by atoms with Crippen molar-refractivity contribution in [1.82, 2.24) is 0 Å². The molecule has 2 aromatic carbocycles. The predicted molar refractivity (Wildman–Crippen MR) is 222 cm³/mol. The van der Waals surface area contributed by atoms with Gasteiger partial charge in [-0.25, -0.2) is 9.59 Å². The summed E-state index contributed by atoms with van der Waals surface area (Å²) >= 11 is 0. The summed E-state index contributed by atoms with van der Waals surface area (Å²) in [6, 6.07) is 11.6. The summed E-state index contributed by atoms with van der Waals surface area (Å²) in [5.74, 6) is 3.30. The Morgan fingerprint density at radius 2 is 1.27 bits per heavy atom. The van der Waals surface area contributed by atoms with Crippen LogP contribution in [0.15, 0.2) is 54.6 Å². The van der Waals surface area contributed by atoms with E-state index in [1.165, 1.54) is 68.1 Å². The van der Waals surface area contributed by atoms with Crippen LogP contribution in [0.5, 0.6) is 5.75 Å². The SMILES string of the molecule is C=C(C)C(=O)OCCCc1cc(-c2ccc(C3CCC(C4CCC(C)CC4)CC3)cc2CC)cc(CCCOC(=O)C(=C)C)c1OCCC(CC)(CO)CO.